The first kappa shape index (κ1) is 23.7. The average Bonchev–Trinajstić information content (AvgIpc) is 3.44. The molecule has 5 nitrogen and oxygen atoms in total. The van der Waals surface area contributed by atoms with Crippen molar-refractivity contribution in [2.45, 2.75) is 0 Å². The fourth-order valence-corrected chi connectivity index (χ4v) is 5.92. The number of nitriles is 1. The summed E-state index contributed by atoms with van der Waals surface area (Å²) in [5, 5.41) is 14.7. The lowest BCUT2D eigenvalue weighted by molar-refractivity contribution is 1.28. The monoisotopic (exact) mass is 519 g/mol. The molecule has 2 heterocycles. The molecule has 5 aromatic carbocycles. The van der Waals surface area contributed by atoms with Crippen LogP contribution < -0.4 is 0 Å². The van der Waals surface area contributed by atoms with Crippen LogP contribution in [0.5, 0.6) is 0 Å². The number of benzene rings is 5. The molecule has 0 unspecified atom stereocenters. The summed E-state index contributed by atoms with van der Waals surface area (Å²) in [6.45, 7) is 24.0. The van der Waals surface area contributed by atoms with Crippen LogP contribution in [0, 0.1) is 31.0 Å². The van der Waals surface area contributed by atoms with Crippen LogP contribution in [-0.4, -0.2) is 4.40 Å². The van der Waals surface area contributed by atoms with Gasteiger partial charge in [-0.1, -0.05) is 84.9 Å². The molecule has 0 saturated carbocycles. The molecular formula is C36H17N5. The van der Waals surface area contributed by atoms with Crippen LogP contribution in [0.2, 0.25) is 0 Å². The number of rotatable bonds is 2. The van der Waals surface area contributed by atoms with E-state index in [9.17, 15) is 5.26 Å². The van der Waals surface area contributed by atoms with E-state index in [-0.39, 0.29) is 22.6 Å². The van der Waals surface area contributed by atoms with E-state index in [0.717, 1.165) is 49.4 Å². The zero-order chi connectivity index (χ0) is 28.1. The summed E-state index contributed by atoms with van der Waals surface area (Å²) in [5.41, 5.74) is 5.11. The summed E-state index contributed by atoms with van der Waals surface area (Å²) in [7, 11) is 0. The molecule has 7 aromatic rings. The second-order valence-corrected chi connectivity index (χ2v) is 9.70. The molecule has 0 aliphatic rings. The van der Waals surface area contributed by atoms with Crippen LogP contribution in [0.1, 0.15) is 5.56 Å². The van der Waals surface area contributed by atoms with E-state index in [2.05, 4.69) is 50.9 Å². The number of pyridine rings is 1. The minimum Gasteiger partial charge on any atom is -0.309 e. The zero-order valence-electron chi connectivity index (χ0n) is 21.6. The Bertz CT molecular complexity index is 2390. The van der Waals surface area contributed by atoms with Crippen molar-refractivity contribution in [2.24, 2.45) is 0 Å². The van der Waals surface area contributed by atoms with Gasteiger partial charge in [0.25, 0.3) is 0 Å². The minimum atomic E-state index is -0.0867. The van der Waals surface area contributed by atoms with Crippen molar-refractivity contribution < 1.29 is 0 Å². The molecule has 0 radical (unpaired) electrons. The lowest BCUT2D eigenvalue weighted by Gasteiger charge is -2.18. The van der Waals surface area contributed by atoms with Crippen LogP contribution >= 0.6 is 0 Å². The standard InChI is InChI=1S/C36H17N5/c1-38-32-29(21-37)36-31(33(39-2)34(32)40-3)27-18-24-16-10-11-17-25(24)19-28(27)35-26(22-12-6-4-7-13-22)20-30(41(35)36)23-14-8-5-9-15-23/h4-20H. The third kappa shape index (κ3) is 3.32. The first-order valence-corrected chi connectivity index (χ1v) is 12.9. The van der Waals surface area contributed by atoms with E-state index in [1.807, 2.05) is 77.2 Å². The Kier molecular flexibility index (Phi) is 5.27. The van der Waals surface area contributed by atoms with Crippen LogP contribution in [0.3, 0.4) is 0 Å². The third-order valence-corrected chi connectivity index (χ3v) is 7.63. The minimum absolute atomic E-state index is 0.0791. The quantitative estimate of drug-likeness (QED) is 0.127. The van der Waals surface area contributed by atoms with Crippen molar-refractivity contribution >= 4 is 55.0 Å². The lowest BCUT2D eigenvalue weighted by atomic mass is 9.94. The van der Waals surface area contributed by atoms with Gasteiger partial charge in [0.15, 0.2) is 5.69 Å². The number of hydrogen-bond acceptors (Lipinski definition) is 1. The Morgan fingerprint density at radius 2 is 1.15 bits per heavy atom. The summed E-state index contributed by atoms with van der Waals surface area (Å²) >= 11 is 0. The van der Waals surface area contributed by atoms with Gasteiger partial charge in [-0.3, -0.25) is 14.5 Å². The molecular weight excluding hydrogens is 502 g/mol. The van der Waals surface area contributed by atoms with Gasteiger partial charge in [0.1, 0.15) is 0 Å². The Balaban J connectivity index is 1.91. The maximum Gasteiger partial charge on any atom is 0.203 e. The fourth-order valence-electron chi connectivity index (χ4n) is 5.92. The molecule has 0 saturated heterocycles. The lowest BCUT2D eigenvalue weighted by Crippen LogP contribution is -1.98. The van der Waals surface area contributed by atoms with E-state index in [1.165, 1.54) is 0 Å². The first-order valence-electron chi connectivity index (χ1n) is 12.9. The van der Waals surface area contributed by atoms with Crippen molar-refractivity contribution in [2.75, 3.05) is 0 Å². The summed E-state index contributed by atoms with van der Waals surface area (Å²) in [6, 6.07) is 36.6. The molecule has 0 amide bonds. The van der Waals surface area contributed by atoms with Gasteiger partial charge < -0.3 is 4.40 Å². The van der Waals surface area contributed by atoms with Gasteiger partial charge in [0, 0.05) is 16.5 Å². The van der Waals surface area contributed by atoms with E-state index < -0.39 is 0 Å². The Hall–Kier alpha value is -6.40. The largest absolute Gasteiger partial charge is 0.309 e. The second-order valence-electron chi connectivity index (χ2n) is 9.70. The molecule has 7 rings (SSSR count). The summed E-state index contributed by atoms with van der Waals surface area (Å²) in [5.74, 6) is 0. The van der Waals surface area contributed by atoms with Crippen molar-refractivity contribution in [1.29, 1.82) is 5.26 Å². The highest BCUT2D eigenvalue weighted by atomic mass is 14.9. The van der Waals surface area contributed by atoms with E-state index in [1.54, 1.807) is 0 Å². The van der Waals surface area contributed by atoms with E-state index >= 15 is 0 Å². The Morgan fingerprint density at radius 1 is 0.585 bits per heavy atom. The number of aromatic nitrogens is 1. The van der Waals surface area contributed by atoms with Crippen molar-refractivity contribution in [3.63, 3.8) is 0 Å². The second kappa shape index (κ2) is 9.11. The SMILES string of the molecule is [C-]#[N+]c1c([N+]#[C-])c(C#N)c2c(c1[N+]#[C-])c1cc3ccccc3cc1c1c(-c3ccccc3)cc(-c3ccccc3)n12. The number of fused-ring (bicyclic) bond motifs is 7. The molecule has 0 aliphatic carbocycles. The predicted octanol–water partition coefficient (Wildman–Crippen LogP) is 10.3. The van der Waals surface area contributed by atoms with Crippen molar-refractivity contribution in [3.05, 3.63) is 143 Å². The highest BCUT2D eigenvalue weighted by Gasteiger charge is 2.27. The molecule has 0 spiro atoms. The summed E-state index contributed by atoms with van der Waals surface area (Å²) in [4.78, 5) is 11.1. The van der Waals surface area contributed by atoms with E-state index in [0.29, 0.717) is 10.9 Å². The normalized spacial score (nSPS) is 10.8. The molecule has 0 aliphatic heterocycles. The average molecular weight is 520 g/mol. The van der Waals surface area contributed by atoms with Crippen LogP contribution in [0.4, 0.5) is 17.1 Å². The number of hydrogen-bond donors (Lipinski definition) is 0. The van der Waals surface area contributed by atoms with Crippen LogP contribution in [0.25, 0.3) is 74.9 Å². The van der Waals surface area contributed by atoms with E-state index in [4.69, 9.17) is 19.7 Å². The molecule has 0 bridgehead atoms. The predicted molar refractivity (Wildman–Crippen MR) is 164 cm³/mol. The first-order chi connectivity index (χ1) is 20.2. The highest BCUT2D eigenvalue weighted by molar-refractivity contribution is 6.27. The van der Waals surface area contributed by atoms with Crippen LogP contribution in [-0.2, 0) is 0 Å². The van der Waals surface area contributed by atoms with Crippen LogP contribution in [0.15, 0.2) is 103 Å². The molecule has 2 aromatic heterocycles. The van der Waals surface area contributed by atoms with Gasteiger partial charge in [0.05, 0.1) is 42.6 Å². The molecule has 5 heteroatoms. The maximum atomic E-state index is 10.5. The number of nitrogens with zero attached hydrogens (tertiary/aromatic N) is 5. The summed E-state index contributed by atoms with van der Waals surface area (Å²) in [6.07, 6.45) is 0. The smallest absolute Gasteiger partial charge is 0.203 e. The summed E-state index contributed by atoms with van der Waals surface area (Å²) < 4.78 is 2.03. The molecule has 186 valence electrons. The highest BCUT2D eigenvalue weighted by Crippen LogP contribution is 2.52. The van der Waals surface area contributed by atoms with Gasteiger partial charge in [-0.15, -0.1) is 0 Å². The Morgan fingerprint density at radius 3 is 1.73 bits per heavy atom. The third-order valence-electron chi connectivity index (χ3n) is 7.63. The molecule has 0 atom stereocenters. The molecule has 0 N–H and O–H groups in total. The topological polar surface area (TPSA) is 41.3 Å². The van der Waals surface area contributed by atoms with Gasteiger partial charge >= 0.3 is 0 Å². The fraction of sp³-hybridized carbons (Fsp3) is 0. The zero-order valence-corrected chi connectivity index (χ0v) is 21.6. The molecule has 41 heavy (non-hydrogen) atoms. The van der Waals surface area contributed by atoms with Gasteiger partial charge in [-0.25, -0.2) is 0 Å². The molecule has 0 fully saturated rings. The Labute approximate surface area is 235 Å². The van der Waals surface area contributed by atoms with Crippen molar-refractivity contribution in [1.82, 2.24) is 4.40 Å². The van der Waals surface area contributed by atoms with Gasteiger partial charge in [-0.05, 0) is 50.9 Å². The van der Waals surface area contributed by atoms with Crippen molar-refractivity contribution in [3.8, 4) is 28.5 Å². The van der Waals surface area contributed by atoms with Gasteiger partial charge in [0.2, 0.25) is 11.4 Å². The van der Waals surface area contributed by atoms with Gasteiger partial charge in [-0.2, -0.15) is 5.26 Å². The maximum absolute atomic E-state index is 10.5.